The largest absolute Gasteiger partial charge is 0.267 e. The van der Waals surface area contributed by atoms with Crippen molar-refractivity contribution in [2.24, 2.45) is 0 Å². The van der Waals surface area contributed by atoms with Crippen molar-refractivity contribution in [1.29, 1.82) is 0 Å². The molecule has 0 spiro atoms. The van der Waals surface area contributed by atoms with E-state index in [0.29, 0.717) is 0 Å². The lowest BCUT2D eigenvalue weighted by Crippen LogP contribution is -2.34. The first-order valence-corrected chi connectivity index (χ1v) is 5.17. The van der Waals surface area contributed by atoms with Crippen molar-refractivity contribution in [3.63, 3.8) is 0 Å². The number of rotatable bonds is 1. The minimum absolute atomic E-state index is 0.807. The second-order valence-corrected chi connectivity index (χ2v) is 4.56. The summed E-state index contributed by atoms with van der Waals surface area (Å²) in [5.74, 6) is 0. The van der Waals surface area contributed by atoms with Gasteiger partial charge in [0.25, 0.3) is 5.01 Å². The molecule has 0 aliphatic carbocycles. The van der Waals surface area contributed by atoms with Crippen molar-refractivity contribution in [2.75, 3.05) is 0 Å². The van der Waals surface area contributed by atoms with Crippen LogP contribution in [0.1, 0.15) is 5.01 Å². The van der Waals surface area contributed by atoms with Crippen molar-refractivity contribution in [3.05, 3.63) is 39.3 Å². The third-order valence-corrected chi connectivity index (χ3v) is 2.87. The highest BCUT2D eigenvalue weighted by molar-refractivity contribution is 7.73. The summed E-state index contributed by atoms with van der Waals surface area (Å²) in [6.45, 7) is 2.05. The molecule has 1 heterocycles. The van der Waals surface area contributed by atoms with Gasteiger partial charge in [-0.05, 0) is 23.6 Å². The number of H-pyrrole nitrogens is 1. The van der Waals surface area contributed by atoms with Crippen LogP contribution < -0.4 is 4.68 Å². The molecule has 0 unspecified atom stereocenters. The van der Waals surface area contributed by atoms with Gasteiger partial charge in [-0.3, -0.25) is 0 Å². The van der Waals surface area contributed by atoms with E-state index in [4.69, 9.17) is 12.2 Å². The fourth-order valence-corrected chi connectivity index (χ4v) is 2.30. The van der Waals surface area contributed by atoms with Gasteiger partial charge in [-0.1, -0.05) is 22.9 Å². The molecule has 0 aliphatic rings. The molecule has 0 radical (unpaired) electrons. The second-order valence-electron chi connectivity index (χ2n) is 2.69. The van der Waals surface area contributed by atoms with Crippen LogP contribution in [0.15, 0.2) is 30.3 Å². The quantitative estimate of drug-likeness (QED) is 0.564. The molecule has 0 fully saturated rings. The zero-order valence-electron chi connectivity index (χ0n) is 7.15. The number of hydrogen-bond donors (Lipinski definition) is 1. The van der Waals surface area contributed by atoms with E-state index >= 15 is 0 Å². The van der Waals surface area contributed by atoms with Gasteiger partial charge >= 0.3 is 0 Å². The zero-order chi connectivity index (χ0) is 9.26. The average molecular weight is 209 g/mol. The molecule has 0 amide bonds. The highest BCUT2D eigenvalue weighted by Gasteiger charge is 2.11. The Balaban J connectivity index is 2.59. The summed E-state index contributed by atoms with van der Waals surface area (Å²) in [4.78, 5) is 0. The summed E-state index contributed by atoms with van der Waals surface area (Å²) in [5.41, 5.74) is 1.12. The minimum Gasteiger partial charge on any atom is -0.138 e. The summed E-state index contributed by atoms with van der Waals surface area (Å²) in [7, 11) is 0. The molecule has 1 N–H and O–H groups in total. The van der Waals surface area contributed by atoms with Crippen molar-refractivity contribution in [3.8, 4) is 5.69 Å². The minimum atomic E-state index is 0.807. The molecule has 0 saturated carbocycles. The summed E-state index contributed by atoms with van der Waals surface area (Å²) >= 11 is 6.65. The van der Waals surface area contributed by atoms with Crippen molar-refractivity contribution in [1.82, 2.24) is 5.10 Å². The van der Waals surface area contributed by atoms with Gasteiger partial charge in [0.2, 0.25) is 9.64 Å². The maximum absolute atomic E-state index is 5.06. The van der Waals surface area contributed by atoms with Gasteiger partial charge in [0.1, 0.15) is 0 Å². The van der Waals surface area contributed by atoms with E-state index in [1.165, 1.54) is 0 Å². The van der Waals surface area contributed by atoms with E-state index in [1.807, 2.05) is 41.9 Å². The molecule has 0 bridgehead atoms. The van der Waals surface area contributed by atoms with E-state index in [1.54, 1.807) is 11.3 Å². The highest BCUT2D eigenvalue weighted by atomic mass is 32.1. The molecule has 2 rings (SSSR count). The Morgan fingerprint density at radius 2 is 2.00 bits per heavy atom. The summed E-state index contributed by atoms with van der Waals surface area (Å²) in [6, 6.07) is 10.1. The summed E-state index contributed by atoms with van der Waals surface area (Å²) in [5, 5.41) is 4.27. The zero-order valence-corrected chi connectivity index (χ0v) is 8.78. The lowest BCUT2D eigenvalue weighted by atomic mass is 10.3. The maximum Gasteiger partial charge on any atom is 0.267 e. The monoisotopic (exact) mass is 209 g/mol. The van der Waals surface area contributed by atoms with Crippen LogP contribution in [-0.2, 0) is 0 Å². The van der Waals surface area contributed by atoms with E-state index in [2.05, 4.69) is 5.10 Å². The molecule has 66 valence electrons. The molecule has 1 aromatic heterocycles. The van der Waals surface area contributed by atoms with Crippen LogP contribution in [0, 0.1) is 10.9 Å². The van der Waals surface area contributed by atoms with Crippen LogP contribution in [0.4, 0.5) is 0 Å². The number of nitrogens with one attached hydrogen (secondary N) is 1. The summed E-state index contributed by atoms with van der Waals surface area (Å²) < 4.78 is 2.80. The number of benzene rings is 1. The molecule has 0 atom stereocenters. The normalized spacial score (nSPS) is 10.2. The number of para-hydroxylation sites is 1. The fraction of sp³-hybridized carbons (Fsp3) is 0.111. The van der Waals surface area contributed by atoms with Crippen LogP contribution in [-0.4, -0.2) is 5.10 Å². The van der Waals surface area contributed by atoms with Crippen LogP contribution in [0.25, 0.3) is 5.69 Å². The lowest BCUT2D eigenvalue weighted by molar-refractivity contribution is -0.660. The van der Waals surface area contributed by atoms with Crippen LogP contribution in [0.3, 0.4) is 0 Å². The molecule has 4 heteroatoms. The number of aromatic amines is 1. The molecule has 0 aliphatic heterocycles. The van der Waals surface area contributed by atoms with E-state index in [-0.39, 0.29) is 0 Å². The van der Waals surface area contributed by atoms with E-state index < -0.39 is 0 Å². The first-order valence-electron chi connectivity index (χ1n) is 3.94. The fourth-order valence-electron chi connectivity index (χ4n) is 1.20. The number of hydrogen-bond acceptors (Lipinski definition) is 2. The molecule has 2 aromatic rings. The second kappa shape index (κ2) is 3.40. The Labute approximate surface area is 85.5 Å². The Bertz CT molecular complexity index is 456. The molecular weight excluding hydrogens is 200 g/mol. The third-order valence-electron chi connectivity index (χ3n) is 1.77. The average Bonchev–Trinajstić information content (AvgIpc) is 2.47. The predicted octanol–water partition coefficient (Wildman–Crippen LogP) is 2.39. The highest BCUT2D eigenvalue weighted by Crippen LogP contribution is 2.05. The van der Waals surface area contributed by atoms with Crippen LogP contribution in [0.2, 0.25) is 0 Å². The van der Waals surface area contributed by atoms with Crippen molar-refractivity contribution >= 4 is 23.6 Å². The van der Waals surface area contributed by atoms with Crippen LogP contribution in [0.5, 0.6) is 0 Å². The first-order chi connectivity index (χ1) is 6.27. The standard InChI is InChI=1S/C9H8N2S2/c1-7-11(10-9(12)13-7)8-5-3-2-4-6-8/h2-6H,1H3/p+1. The van der Waals surface area contributed by atoms with Gasteiger partial charge in [-0.15, -0.1) is 5.10 Å². The van der Waals surface area contributed by atoms with Gasteiger partial charge in [-0.25, -0.2) is 0 Å². The third kappa shape index (κ3) is 1.68. The number of aryl methyl sites for hydroxylation is 1. The number of aromatic nitrogens is 2. The van der Waals surface area contributed by atoms with Crippen LogP contribution >= 0.6 is 23.6 Å². The van der Waals surface area contributed by atoms with Crippen molar-refractivity contribution < 1.29 is 4.68 Å². The van der Waals surface area contributed by atoms with E-state index in [9.17, 15) is 0 Å². The Hall–Kier alpha value is -1.00. The summed E-state index contributed by atoms with van der Waals surface area (Å²) in [6.07, 6.45) is 0. The Morgan fingerprint density at radius 3 is 2.54 bits per heavy atom. The van der Waals surface area contributed by atoms with Gasteiger partial charge in [0, 0.05) is 19.1 Å². The topological polar surface area (TPSA) is 19.7 Å². The molecule has 2 nitrogen and oxygen atoms in total. The van der Waals surface area contributed by atoms with Gasteiger partial charge in [0.15, 0.2) is 0 Å². The van der Waals surface area contributed by atoms with Gasteiger partial charge in [-0.2, -0.15) is 0 Å². The Morgan fingerprint density at radius 1 is 1.31 bits per heavy atom. The molecule has 13 heavy (non-hydrogen) atoms. The molecule has 1 aromatic carbocycles. The van der Waals surface area contributed by atoms with Crippen molar-refractivity contribution in [2.45, 2.75) is 6.92 Å². The molecular formula is C9H9N2S2+. The number of nitrogens with zero attached hydrogens (tertiary/aromatic N) is 1. The Kier molecular flexibility index (Phi) is 2.24. The maximum atomic E-state index is 5.06. The van der Waals surface area contributed by atoms with E-state index in [0.717, 1.165) is 14.6 Å². The first kappa shape index (κ1) is 8.59. The SMILES string of the molecule is Cc1sc(=S)[nH][n+]1-c1ccccc1. The lowest BCUT2D eigenvalue weighted by Gasteiger charge is -1.89. The predicted molar refractivity (Wildman–Crippen MR) is 55.8 cm³/mol. The molecule has 0 saturated heterocycles. The smallest absolute Gasteiger partial charge is 0.138 e. The van der Waals surface area contributed by atoms with Gasteiger partial charge in [0.05, 0.1) is 0 Å². The van der Waals surface area contributed by atoms with Gasteiger partial charge < -0.3 is 0 Å².